The molecule has 1 fully saturated rings. The molecule has 1 saturated carbocycles. The molecule has 0 saturated heterocycles. The van der Waals surface area contributed by atoms with Gasteiger partial charge in [0.2, 0.25) is 0 Å². The largest absolute Gasteiger partial charge is 0.443 e. The lowest BCUT2D eigenvalue weighted by molar-refractivity contribution is -0.137. The average Bonchev–Trinajstić information content (AvgIpc) is 2.97. The Kier molecular flexibility index (Phi) is 3.66. The van der Waals surface area contributed by atoms with E-state index in [9.17, 15) is 18.3 Å². The van der Waals surface area contributed by atoms with Crippen molar-refractivity contribution in [1.82, 2.24) is 4.98 Å². The molecule has 0 bridgehead atoms. The lowest BCUT2D eigenvalue weighted by Crippen LogP contribution is -2.35. The van der Waals surface area contributed by atoms with Crippen LogP contribution in [-0.2, 0) is 10.9 Å². The highest BCUT2D eigenvalue weighted by molar-refractivity contribution is 7.11. The van der Waals surface area contributed by atoms with E-state index in [1.54, 1.807) is 0 Å². The van der Waals surface area contributed by atoms with Crippen LogP contribution in [0.1, 0.15) is 41.7 Å². The fraction of sp³-hybridized carbons (Fsp3) is 0.727. The maximum absolute atomic E-state index is 12.5. The Bertz CT molecular complexity index is 413. The molecule has 0 radical (unpaired) electrons. The molecule has 3 nitrogen and oxygen atoms in total. The topological polar surface area (TPSA) is 42.4 Å². The molecular formula is C11H14F3NO2S. The van der Waals surface area contributed by atoms with Crippen LogP contribution in [0.5, 0.6) is 0 Å². The molecule has 1 atom stereocenters. The van der Waals surface area contributed by atoms with Crippen molar-refractivity contribution in [3.05, 3.63) is 16.1 Å². The van der Waals surface area contributed by atoms with E-state index >= 15 is 0 Å². The van der Waals surface area contributed by atoms with Gasteiger partial charge >= 0.3 is 6.18 Å². The van der Waals surface area contributed by atoms with Crippen molar-refractivity contribution < 1.29 is 23.0 Å². The SMILES string of the molecule is COC1(C(O)c2cnc(C(F)(F)F)s2)CCCC1. The molecule has 1 aliphatic rings. The number of alkyl halides is 3. The molecule has 0 amide bonds. The van der Waals surface area contributed by atoms with Gasteiger partial charge in [-0.3, -0.25) is 0 Å². The zero-order valence-electron chi connectivity index (χ0n) is 9.83. The Labute approximate surface area is 107 Å². The van der Waals surface area contributed by atoms with Crippen LogP contribution in [0.3, 0.4) is 0 Å². The second kappa shape index (κ2) is 4.79. The number of halogens is 3. The minimum atomic E-state index is -4.46. The Balaban J connectivity index is 2.23. The molecule has 7 heteroatoms. The minimum Gasteiger partial charge on any atom is -0.384 e. The number of methoxy groups -OCH3 is 1. The number of aliphatic hydroxyl groups excluding tert-OH is 1. The van der Waals surface area contributed by atoms with Gasteiger partial charge in [-0.05, 0) is 12.8 Å². The van der Waals surface area contributed by atoms with Gasteiger partial charge < -0.3 is 9.84 Å². The number of aromatic nitrogens is 1. The van der Waals surface area contributed by atoms with Gasteiger partial charge in [0, 0.05) is 13.3 Å². The number of ether oxygens (including phenoxy) is 1. The first-order chi connectivity index (χ1) is 8.39. The van der Waals surface area contributed by atoms with Crippen molar-refractivity contribution in [3.63, 3.8) is 0 Å². The lowest BCUT2D eigenvalue weighted by Gasteiger charge is -2.31. The first-order valence-electron chi connectivity index (χ1n) is 5.65. The van der Waals surface area contributed by atoms with Crippen molar-refractivity contribution in [1.29, 1.82) is 0 Å². The predicted molar refractivity (Wildman–Crippen MR) is 60.3 cm³/mol. The monoisotopic (exact) mass is 281 g/mol. The van der Waals surface area contributed by atoms with E-state index in [1.165, 1.54) is 7.11 Å². The second-order valence-electron chi connectivity index (χ2n) is 4.44. The number of nitrogens with zero attached hydrogens (tertiary/aromatic N) is 1. The first-order valence-corrected chi connectivity index (χ1v) is 6.47. The Morgan fingerprint density at radius 2 is 2.06 bits per heavy atom. The normalized spacial score (nSPS) is 21.2. The van der Waals surface area contributed by atoms with Crippen LogP contribution in [0.4, 0.5) is 13.2 Å². The Hall–Kier alpha value is -0.660. The molecule has 18 heavy (non-hydrogen) atoms. The second-order valence-corrected chi connectivity index (χ2v) is 5.51. The molecule has 1 N–H and O–H groups in total. The van der Waals surface area contributed by atoms with Crippen molar-refractivity contribution in [3.8, 4) is 0 Å². The van der Waals surface area contributed by atoms with Crippen LogP contribution in [-0.4, -0.2) is 22.8 Å². The molecule has 2 rings (SSSR count). The molecule has 1 aromatic heterocycles. The summed E-state index contributed by atoms with van der Waals surface area (Å²) in [5, 5.41) is 9.30. The van der Waals surface area contributed by atoms with Crippen molar-refractivity contribution in [2.24, 2.45) is 0 Å². The molecule has 1 aliphatic carbocycles. The number of hydrogen-bond acceptors (Lipinski definition) is 4. The first kappa shape index (κ1) is 13.8. The summed E-state index contributed by atoms with van der Waals surface area (Å²) in [6.07, 6.45) is -1.27. The molecule has 1 unspecified atom stereocenters. The molecule has 102 valence electrons. The van der Waals surface area contributed by atoms with Crippen LogP contribution >= 0.6 is 11.3 Å². The minimum absolute atomic E-state index is 0.214. The Morgan fingerprint density at radius 3 is 2.50 bits per heavy atom. The third-order valence-electron chi connectivity index (χ3n) is 3.39. The van der Waals surface area contributed by atoms with E-state index in [-0.39, 0.29) is 4.88 Å². The summed E-state index contributed by atoms with van der Waals surface area (Å²) in [7, 11) is 1.49. The summed E-state index contributed by atoms with van der Waals surface area (Å²) < 4.78 is 42.7. The van der Waals surface area contributed by atoms with Crippen LogP contribution in [0.15, 0.2) is 6.20 Å². The quantitative estimate of drug-likeness (QED) is 0.925. The zero-order chi connectivity index (χ0) is 13.4. The van der Waals surface area contributed by atoms with Crippen LogP contribution in [0.2, 0.25) is 0 Å². The molecule has 0 aromatic carbocycles. The third kappa shape index (κ3) is 2.39. The Morgan fingerprint density at radius 1 is 1.44 bits per heavy atom. The van der Waals surface area contributed by atoms with E-state index in [0.717, 1.165) is 19.0 Å². The summed E-state index contributed by atoms with van der Waals surface area (Å²) in [5.74, 6) is 0. The molecule has 0 spiro atoms. The maximum Gasteiger partial charge on any atom is 0.443 e. The smallest absolute Gasteiger partial charge is 0.384 e. The summed E-state index contributed by atoms with van der Waals surface area (Å²) in [6.45, 7) is 0. The van der Waals surface area contributed by atoms with Crippen molar-refractivity contribution in [2.75, 3.05) is 7.11 Å². The summed E-state index contributed by atoms with van der Waals surface area (Å²) >= 11 is 0.483. The van der Waals surface area contributed by atoms with Gasteiger partial charge in [0.05, 0.1) is 10.5 Å². The highest BCUT2D eigenvalue weighted by Crippen LogP contribution is 2.45. The number of aliphatic hydroxyl groups is 1. The summed E-state index contributed by atoms with van der Waals surface area (Å²) in [6, 6.07) is 0. The fourth-order valence-electron chi connectivity index (χ4n) is 2.37. The highest BCUT2D eigenvalue weighted by atomic mass is 32.1. The van der Waals surface area contributed by atoms with E-state index in [4.69, 9.17) is 4.74 Å². The van der Waals surface area contributed by atoms with E-state index < -0.39 is 22.9 Å². The van der Waals surface area contributed by atoms with E-state index in [2.05, 4.69) is 4.98 Å². The van der Waals surface area contributed by atoms with Gasteiger partial charge in [0.1, 0.15) is 6.10 Å². The van der Waals surface area contributed by atoms with E-state index in [0.29, 0.717) is 24.2 Å². The number of thiazole rings is 1. The van der Waals surface area contributed by atoms with Crippen molar-refractivity contribution in [2.45, 2.75) is 43.6 Å². The molecule has 0 aliphatic heterocycles. The van der Waals surface area contributed by atoms with Gasteiger partial charge in [-0.1, -0.05) is 12.8 Å². The molecule has 1 aromatic rings. The number of hydrogen-bond donors (Lipinski definition) is 1. The van der Waals surface area contributed by atoms with Gasteiger partial charge in [-0.25, -0.2) is 4.98 Å². The number of rotatable bonds is 3. The van der Waals surface area contributed by atoms with Crippen LogP contribution in [0.25, 0.3) is 0 Å². The lowest BCUT2D eigenvalue weighted by atomic mass is 9.94. The van der Waals surface area contributed by atoms with Gasteiger partial charge in [0.15, 0.2) is 5.01 Å². The van der Waals surface area contributed by atoms with Gasteiger partial charge in [0.25, 0.3) is 0 Å². The third-order valence-corrected chi connectivity index (χ3v) is 4.48. The maximum atomic E-state index is 12.5. The van der Waals surface area contributed by atoms with E-state index in [1.807, 2.05) is 0 Å². The fourth-order valence-corrected chi connectivity index (χ4v) is 3.24. The van der Waals surface area contributed by atoms with Crippen molar-refractivity contribution >= 4 is 11.3 Å². The summed E-state index contributed by atoms with van der Waals surface area (Å²) in [4.78, 5) is 3.54. The molecule has 1 heterocycles. The highest BCUT2D eigenvalue weighted by Gasteiger charge is 2.44. The molecular weight excluding hydrogens is 267 g/mol. The van der Waals surface area contributed by atoms with Crippen LogP contribution in [0, 0.1) is 0 Å². The van der Waals surface area contributed by atoms with Gasteiger partial charge in [-0.15, -0.1) is 11.3 Å². The standard InChI is InChI=1S/C11H14F3NO2S/c1-17-10(4-2-3-5-10)8(16)7-6-15-9(18-7)11(12,13)14/h6,8,16H,2-5H2,1H3. The van der Waals surface area contributed by atoms with Gasteiger partial charge in [-0.2, -0.15) is 13.2 Å². The average molecular weight is 281 g/mol. The van der Waals surface area contributed by atoms with Crippen LogP contribution < -0.4 is 0 Å². The predicted octanol–water partition coefficient (Wildman–Crippen LogP) is 3.15. The summed E-state index contributed by atoms with van der Waals surface area (Å²) in [5.41, 5.74) is -0.755. The zero-order valence-corrected chi connectivity index (χ0v) is 10.6.